The van der Waals surface area contributed by atoms with Crippen LogP contribution in [0.25, 0.3) is 0 Å². The Kier molecular flexibility index (Phi) is 9.59. The molecule has 3 rings (SSSR count). The van der Waals surface area contributed by atoms with Crippen molar-refractivity contribution in [2.45, 2.75) is 104 Å². The molecule has 40 heavy (non-hydrogen) atoms. The molecule has 0 radical (unpaired) electrons. The molecule has 0 unspecified atom stereocenters. The van der Waals surface area contributed by atoms with Gasteiger partial charge in [-0.15, -0.1) is 0 Å². The van der Waals surface area contributed by atoms with Crippen LogP contribution in [-0.2, 0) is 13.6 Å². The number of carbonyl (C=O) groups excluding carboxylic acids is 2. The van der Waals surface area contributed by atoms with Gasteiger partial charge in [0.2, 0.25) is 5.78 Å². The first-order valence-electron chi connectivity index (χ1n) is 13.9. The fraction of sp³-hybridized carbons (Fsp3) is 0.679. The van der Waals surface area contributed by atoms with Crippen molar-refractivity contribution in [3.05, 3.63) is 36.0 Å². The van der Waals surface area contributed by atoms with Crippen molar-refractivity contribution >= 4 is 33.6 Å². The largest absolute Gasteiger partial charge is 0.416 e. The summed E-state index contributed by atoms with van der Waals surface area (Å²) in [6.45, 7) is 20.9. The molecular formula is C28H46FN5O4Si2. The van der Waals surface area contributed by atoms with E-state index in [1.54, 1.807) is 6.07 Å². The number of aromatic nitrogens is 4. The van der Waals surface area contributed by atoms with Crippen LogP contribution in [-0.4, -0.2) is 72.9 Å². The Morgan fingerprint density at radius 1 is 1.15 bits per heavy atom. The molecule has 4 atom stereocenters. The number of H-pyrrole nitrogens is 1. The Morgan fingerprint density at radius 2 is 1.82 bits per heavy atom. The molecule has 12 heteroatoms. The Hall–Kier alpha value is -2.29. The number of ketones is 1. The fourth-order valence-electron chi connectivity index (χ4n) is 4.49. The first kappa shape index (κ1) is 32.2. The van der Waals surface area contributed by atoms with Crippen molar-refractivity contribution in [3.8, 4) is 0 Å². The molecular weight excluding hydrogens is 546 g/mol. The summed E-state index contributed by atoms with van der Waals surface area (Å²) in [5, 5.41) is 9.73. The predicted octanol–water partition coefficient (Wildman–Crippen LogP) is 5.73. The number of aromatic amines is 1. The van der Waals surface area contributed by atoms with Crippen molar-refractivity contribution in [1.82, 2.24) is 20.2 Å². The first-order valence-corrected chi connectivity index (χ1v) is 19.7. The number of alkyl halides is 1. The highest BCUT2D eigenvalue weighted by atomic mass is 28.4. The Labute approximate surface area is 239 Å². The molecule has 2 heterocycles. The van der Waals surface area contributed by atoms with Gasteiger partial charge in [0, 0.05) is 31.3 Å². The second-order valence-electron chi connectivity index (χ2n) is 14.1. The number of hydrogen-bond acceptors (Lipinski definition) is 8. The molecule has 1 fully saturated rings. The van der Waals surface area contributed by atoms with E-state index in [2.05, 4.69) is 59.3 Å². The minimum atomic E-state index is -2.91. The zero-order valence-corrected chi connectivity index (χ0v) is 27.6. The van der Waals surface area contributed by atoms with Gasteiger partial charge in [0.15, 0.2) is 8.32 Å². The maximum Gasteiger partial charge on any atom is 0.259 e. The molecule has 0 amide bonds. The smallest absolute Gasteiger partial charge is 0.259 e. The van der Waals surface area contributed by atoms with Gasteiger partial charge in [0.1, 0.15) is 29.4 Å². The van der Waals surface area contributed by atoms with Gasteiger partial charge in [0.05, 0.1) is 17.7 Å². The molecule has 1 aliphatic rings. The summed E-state index contributed by atoms with van der Waals surface area (Å²) in [5.74, 6) is -0.377. The van der Waals surface area contributed by atoms with E-state index < -0.39 is 35.0 Å². The molecule has 2 N–H and O–H groups in total. The lowest BCUT2D eigenvalue weighted by atomic mass is 9.93. The van der Waals surface area contributed by atoms with Gasteiger partial charge < -0.3 is 19.0 Å². The maximum atomic E-state index is 16.3. The number of nitrogens with one attached hydrogen (secondary N) is 2. The van der Waals surface area contributed by atoms with Gasteiger partial charge in [-0.25, -0.2) is 14.4 Å². The summed E-state index contributed by atoms with van der Waals surface area (Å²) in [7, 11) is -5.02. The van der Waals surface area contributed by atoms with E-state index in [1.165, 1.54) is 18.7 Å². The lowest BCUT2D eigenvalue weighted by Gasteiger charge is -2.38. The van der Waals surface area contributed by atoms with Crippen molar-refractivity contribution in [3.63, 3.8) is 0 Å². The average Bonchev–Trinajstić information content (AvgIpc) is 3.46. The lowest BCUT2D eigenvalue weighted by molar-refractivity contribution is -0.116. The zero-order valence-electron chi connectivity index (χ0n) is 25.6. The van der Waals surface area contributed by atoms with E-state index in [1.807, 2.05) is 33.9 Å². The quantitative estimate of drug-likeness (QED) is 0.251. The first-order chi connectivity index (χ1) is 18.3. The molecule has 0 bridgehead atoms. The van der Waals surface area contributed by atoms with Crippen LogP contribution in [0, 0.1) is 11.3 Å². The van der Waals surface area contributed by atoms with Crippen molar-refractivity contribution < 1.29 is 22.8 Å². The third-order valence-corrected chi connectivity index (χ3v) is 14.9. The third kappa shape index (κ3) is 7.71. The second-order valence-corrected chi connectivity index (χ2v) is 22.7. The van der Waals surface area contributed by atoms with E-state index in [-0.39, 0.29) is 44.6 Å². The van der Waals surface area contributed by atoms with Gasteiger partial charge in [-0.3, -0.25) is 9.89 Å². The third-order valence-electron chi connectivity index (χ3n) is 8.00. The molecule has 1 aliphatic carbocycles. The van der Waals surface area contributed by atoms with Crippen LogP contribution in [0.4, 0.5) is 10.2 Å². The highest BCUT2D eigenvalue weighted by Crippen LogP contribution is 2.40. The van der Waals surface area contributed by atoms with Gasteiger partial charge >= 0.3 is 0 Å². The molecule has 2 aromatic heterocycles. The number of halogens is 1. The average molecular weight is 592 g/mol. The molecule has 0 spiro atoms. The molecule has 9 nitrogen and oxygen atoms in total. The van der Waals surface area contributed by atoms with Gasteiger partial charge in [-0.1, -0.05) is 41.5 Å². The van der Waals surface area contributed by atoms with E-state index in [0.717, 1.165) is 0 Å². The number of anilines is 1. The van der Waals surface area contributed by atoms with Crippen molar-refractivity contribution in [2.24, 2.45) is 11.3 Å². The molecule has 0 saturated heterocycles. The highest BCUT2D eigenvalue weighted by Gasteiger charge is 2.50. The monoisotopic (exact) mass is 591 g/mol. The molecule has 2 aromatic rings. The van der Waals surface area contributed by atoms with Crippen LogP contribution in [0.1, 0.15) is 70.4 Å². The second kappa shape index (κ2) is 11.9. The summed E-state index contributed by atoms with van der Waals surface area (Å²) in [6.07, 6.45) is 2.74. The van der Waals surface area contributed by atoms with Gasteiger partial charge in [0.25, 0.3) is 8.32 Å². The normalized spacial score (nSPS) is 22.4. The fourth-order valence-corrected chi connectivity index (χ4v) is 7.64. The van der Waals surface area contributed by atoms with E-state index >= 15 is 4.39 Å². The van der Waals surface area contributed by atoms with Crippen molar-refractivity contribution in [2.75, 3.05) is 11.9 Å². The number of nitrogens with zero attached hydrogens (tertiary/aromatic N) is 3. The van der Waals surface area contributed by atoms with Crippen LogP contribution >= 0.6 is 0 Å². The predicted molar refractivity (Wildman–Crippen MR) is 159 cm³/mol. The minimum Gasteiger partial charge on any atom is -0.416 e. The Balaban J connectivity index is 1.87. The number of rotatable bonds is 11. The molecule has 1 saturated carbocycles. The standard InChI is InChI=1S/C28H46FN5O4Si2/c1-27(2,3)14-22(35)39(7,8)38-25-18(16-37-40(9,10)28(4,5)6)13-21(23(25)29)33-26-19(15-30-17-31-26)24(36)20-11-12-32-34-20/h11-12,15,17-18,21,23,25H,13-14,16H2,1-10H3,(H,32,34)(H,30,31,33)/t18-,21-,23-,25-/m1/s1. The van der Waals surface area contributed by atoms with Crippen molar-refractivity contribution in [1.29, 1.82) is 0 Å². The van der Waals surface area contributed by atoms with Gasteiger partial charge in [-0.2, -0.15) is 5.10 Å². The van der Waals surface area contributed by atoms with E-state index in [4.69, 9.17) is 8.85 Å². The Morgan fingerprint density at radius 3 is 2.40 bits per heavy atom. The zero-order chi connectivity index (χ0) is 30.1. The molecule has 0 aromatic carbocycles. The van der Waals surface area contributed by atoms with Gasteiger partial charge in [-0.05, 0) is 49.1 Å². The van der Waals surface area contributed by atoms with Crippen LogP contribution in [0.2, 0.25) is 31.2 Å². The lowest BCUT2D eigenvalue weighted by Crippen LogP contribution is -2.50. The summed E-state index contributed by atoms with van der Waals surface area (Å²) < 4.78 is 29.3. The Bertz CT molecular complexity index is 1180. The SMILES string of the molecule is CC(C)(C)CC(=O)[Si](C)(C)O[C@@H]1[C@@H](CO[Si](C)(C)C(C)(C)C)C[C@@H](Nc2ncncc2C(=O)c2ccn[nH]2)[C@H]1F. The van der Waals surface area contributed by atoms with Crippen LogP contribution in [0.3, 0.4) is 0 Å². The molecule has 222 valence electrons. The topological polar surface area (TPSA) is 119 Å². The summed E-state index contributed by atoms with van der Waals surface area (Å²) in [4.78, 5) is 34.6. The number of hydrogen-bond donors (Lipinski definition) is 2. The summed E-state index contributed by atoms with van der Waals surface area (Å²) in [6, 6.07) is 0.871. The summed E-state index contributed by atoms with van der Waals surface area (Å²) in [5.41, 5.74) is 0.315. The molecule has 0 aliphatic heterocycles. The minimum absolute atomic E-state index is 0.00564. The van der Waals surface area contributed by atoms with Crippen LogP contribution in [0.5, 0.6) is 0 Å². The highest BCUT2D eigenvalue weighted by molar-refractivity contribution is 6.99. The van der Waals surface area contributed by atoms with E-state index in [9.17, 15) is 9.59 Å². The number of carbonyl (C=O) groups is 2. The van der Waals surface area contributed by atoms with Crippen LogP contribution < -0.4 is 5.32 Å². The van der Waals surface area contributed by atoms with Crippen LogP contribution in [0.15, 0.2) is 24.8 Å². The maximum absolute atomic E-state index is 16.3. The summed E-state index contributed by atoms with van der Waals surface area (Å²) >= 11 is 0. The van der Waals surface area contributed by atoms with E-state index in [0.29, 0.717) is 19.4 Å².